The molecule has 0 saturated carbocycles. The third-order valence-electron chi connectivity index (χ3n) is 6.73. The van der Waals surface area contributed by atoms with E-state index in [1.165, 1.54) is 10.4 Å². The number of nitrogens with zero attached hydrogens (tertiary/aromatic N) is 2. The Bertz CT molecular complexity index is 1200. The molecule has 2 heterocycles. The Morgan fingerprint density at radius 2 is 1.83 bits per heavy atom. The number of sulfonamides is 1. The van der Waals surface area contributed by atoms with Crippen molar-refractivity contribution in [3.63, 3.8) is 0 Å². The highest BCUT2D eigenvalue weighted by molar-refractivity contribution is 7.89. The van der Waals surface area contributed by atoms with Crippen LogP contribution < -0.4 is 10.1 Å². The van der Waals surface area contributed by atoms with Crippen molar-refractivity contribution < 1.29 is 22.7 Å². The van der Waals surface area contributed by atoms with Crippen molar-refractivity contribution >= 4 is 27.5 Å². The van der Waals surface area contributed by atoms with Crippen LogP contribution >= 0.6 is 0 Å². The van der Waals surface area contributed by atoms with Crippen LogP contribution in [0.3, 0.4) is 0 Å². The van der Waals surface area contributed by atoms with Gasteiger partial charge in [-0.2, -0.15) is 4.31 Å². The Kier molecular flexibility index (Phi) is 7.19. The monoisotopic (exact) mass is 499 g/mol. The van der Waals surface area contributed by atoms with Crippen molar-refractivity contribution in [2.45, 2.75) is 64.1 Å². The van der Waals surface area contributed by atoms with E-state index < -0.39 is 16.1 Å². The van der Waals surface area contributed by atoms with Gasteiger partial charge in [0.1, 0.15) is 5.75 Å². The maximum absolute atomic E-state index is 13.5. The zero-order valence-corrected chi connectivity index (χ0v) is 21.5. The zero-order valence-electron chi connectivity index (χ0n) is 20.7. The SMILES string of the molecule is Cc1cc2c(cc1S(=O)(=O)N1CCC(C(=O)N(Cc3ccccc3)C(C)C)CC1)O[C@H](C)C(=O)N2. The fourth-order valence-corrected chi connectivity index (χ4v) is 6.32. The van der Waals surface area contributed by atoms with Gasteiger partial charge in [-0.25, -0.2) is 8.42 Å². The topological polar surface area (TPSA) is 96.0 Å². The smallest absolute Gasteiger partial charge is 0.265 e. The van der Waals surface area contributed by atoms with E-state index in [1.807, 2.05) is 49.1 Å². The van der Waals surface area contributed by atoms with E-state index in [9.17, 15) is 18.0 Å². The first kappa shape index (κ1) is 25.2. The molecule has 2 aromatic carbocycles. The largest absolute Gasteiger partial charge is 0.479 e. The van der Waals surface area contributed by atoms with Crippen molar-refractivity contribution in [2.75, 3.05) is 18.4 Å². The second-order valence-corrected chi connectivity index (χ2v) is 11.5. The molecule has 1 saturated heterocycles. The predicted molar refractivity (Wildman–Crippen MR) is 134 cm³/mol. The first-order valence-electron chi connectivity index (χ1n) is 12.0. The highest BCUT2D eigenvalue weighted by Crippen LogP contribution is 2.36. The van der Waals surface area contributed by atoms with E-state index in [2.05, 4.69) is 5.32 Å². The molecule has 8 nitrogen and oxygen atoms in total. The van der Waals surface area contributed by atoms with Crippen LogP contribution in [0.25, 0.3) is 0 Å². The summed E-state index contributed by atoms with van der Waals surface area (Å²) in [6.45, 7) is 8.43. The summed E-state index contributed by atoms with van der Waals surface area (Å²) in [4.78, 5) is 27.3. The molecule has 0 aromatic heterocycles. The van der Waals surface area contributed by atoms with E-state index in [0.29, 0.717) is 36.4 Å². The summed E-state index contributed by atoms with van der Waals surface area (Å²) in [7, 11) is -3.78. The van der Waals surface area contributed by atoms with E-state index in [-0.39, 0.29) is 41.8 Å². The van der Waals surface area contributed by atoms with Gasteiger partial charge in [-0.1, -0.05) is 30.3 Å². The second kappa shape index (κ2) is 9.99. The normalized spacial score (nSPS) is 19.1. The van der Waals surface area contributed by atoms with Gasteiger partial charge in [-0.05, 0) is 57.7 Å². The van der Waals surface area contributed by atoms with Crippen molar-refractivity contribution in [3.05, 3.63) is 53.6 Å². The average Bonchev–Trinajstić information content (AvgIpc) is 2.83. The predicted octanol–water partition coefficient (Wildman–Crippen LogP) is 3.55. The van der Waals surface area contributed by atoms with E-state index in [4.69, 9.17) is 4.74 Å². The van der Waals surface area contributed by atoms with E-state index in [0.717, 1.165) is 5.56 Å². The van der Waals surface area contributed by atoms with Crippen molar-refractivity contribution in [1.29, 1.82) is 0 Å². The number of carbonyl (C=O) groups excluding carboxylic acids is 2. The number of nitrogens with one attached hydrogen (secondary N) is 1. The van der Waals surface area contributed by atoms with Crippen LogP contribution in [0.5, 0.6) is 5.75 Å². The molecule has 0 unspecified atom stereocenters. The standard InChI is InChI=1S/C26H33N3O5S/c1-17(2)29(16-20-8-6-5-7-9-20)26(31)21-10-12-28(13-11-21)35(32,33)24-15-23-22(14-18(24)3)27-25(30)19(4)34-23/h5-9,14-15,17,19,21H,10-13,16H2,1-4H3,(H,27,30)/t19-/m1/s1. The molecule has 188 valence electrons. The van der Waals surface area contributed by atoms with Gasteiger partial charge in [0.25, 0.3) is 5.91 Å². The van der Waals surface area contributed by atoms with Crippen LogP contribution in [0.15, 0.2) is 47.4 Å². The molecule has 1 atom stereocenters. The number of ether oxygens (including phenoxy) is 1. The lowest BCUT2D eigenvalue weighted by Crippen LogP contribution is -2.46. The summed E-state index contributed by atoms with van der Waals surface area (Å²) in [5.74, 6) is -0.0534. The molecular weight excluding hydrogens is 466 g/mol. The van der Waals surface area contributed by atoms with Crippen LogP contribution in [-0.4, -0.2) is 54.7 Å². The molecule has 1 fully saturated rings. The van der Waals surface area contributed by atoms with Crippen LogP contribution in [-0.2, 0) is 26.2 Å². The minimum Gasteiger partial charge on any atom is -0.479 e. The molecule has 1 N–H and O–H groups in total. The maximum Gasteiger partial charge on any atom is 0.265 e. The molecular formula is C26H33N3O5S. The van der Waals surface area contributed by atoms with Crippen molar-refractivity contribution in [1.82, 2.24) is 9.21 Å². The van der Waals surface area contributed by atoms with Gasteiger partial charge < -0.3 is 15.0 Å². The van der Waals surface area contributed by atoms with Gasteiger partial charge in [-0.3, -0.25) is 9.59 Å². The molecule has 0 bridgehead atoms. The molecule has 4 rings (SSSR count). The number of piperidine rings is 1. The number of carbonyl (C=O) groups is 2. The summed E-state index contributed by atoms with van der Waals surface area (Å²) in [5, 5.41) is 2.75. The number of hydrogen-bond donors (Lipinski definition) is 1. The van der Waals surface area contributed by atoms with Crippen LogP contribution in [0, 0.1) is 12.8 Å². The lowest BCUT2D eigenvalue weighted by atomic mass is 9.95. The quantitative estimate of drug-likeness (QED) is 0.656. The molecule has 0 radical (unpaired) electrons. The van der Waals surface area contributed by atoms with Gasteiger partial charge in [0, 0.05) is 37.7 Å². The number of fused-ring (bicyclic) bond motifs is 1. The van der Waals surface area contributed by atoms with Crippen LogP contribution in [0.4, 0.5) is 5.69 Å². The molecule has 2 amide bonds. The van der Waals surface area contributed by atoms with Crippen molar-refractivity contribution in [2.24, 2.45) is 5.92 Å². The Balaban J connectivity index is 1.46. The Morgan fingerprint density at radius 1 is 1.17 bits per heavy atom. The number of hydrogen-bond acceptors (Lipinski definition) is 5. The molecule has 2 aliphatic heterocycles. The summed E-state index contributed by atoms with van der Waals surface area (Å²) in [6, 6.07) is 13.1. The number of anilines is 1. The van der Waals surface area contributed by atoms with Gasteiger partial charge >= 0.3 is 0 Å². The first-order chi connectivity index (χ1) is 16.6. The summed E-state index contributed by atoms with van der Waals surface area (Å²) >= 11 is 0. The lowest BCUT2D eigenvalue weighted by Gasteiger charge is -2.35. The minimum atomic E-state index is -3.78. The van der Waals surface area contributed by atoms with Gasteiger partial charge in [0.2, 0.25) is 15.9 Å². The Morgan fingerprint density at radius 3 is 2.46 bits per heavy atom. The molecule has 9 heteroatoms. The van der Waals surface area contributed by atoms with Crippen molar-refractivity contribution in [3.8, 4) is 5.75 Å². The zero-order chi connectivity index (χ0) is 25.3. The third-order valence-corrected chi connectivity index (χ3v) is 8.77. The summed E-state index contributed by atoms with van der Waals surface area (Å²) < 4.78 is 34.0. The molecule has 2 aromatic rings. The van der Waals surface area contributed by atoms with E-state index in [1.54, 1.807) is 19.9 Å². The first-order valence-corrected chi connectivity index (χ1v) is 13.5. The van der Waals surface area contributed by atoms with Gasteiger partial charge in [-0.15, -0.1) is 0 Å². The Hall–Kier alpha value is -2.91. The summed E-state index contributed by atoms with van der Waals surface area (Å²) in [6.07, 6.45) is 0.259. The molecule has 0 spiro atoms. The minimum absolute atomic E-state index is 0.0468. The summed E-state index contributed by atoms with van der Waals surface area (Å²) in [5.41, 5.74) is 2.08. The van der Waals surface area contributed by atoms with Crippen LogP contribution in [0.1, 0.15) is 44.7 Å². The highest BCUT2D eigenvalue weighted by Gasteiger charge is 2.36. The molecule has 35 heavy (non-hydrogen) atoms. The second-order valence-electron chi connectivity index (χ2n) is 9.59. The average molecular weight is 500 g/mol. The number of amides is 2. The fraction of sp³-hybridized carbons (Fsp3) is 0.462. The van der Waals surface area contributed by atoms with E-state index >= 15 is 0 Å². The number of benzene rings is 2. The maximum atomic E-state index is 13.5. The van der Waals surface area contributed by atoms with Crippen LogP contribution in [0.2, 0.25) is 0 Å². The Labute approximate surface area is 207 Å². The third kappa shape index (κ3) is 5.21. The molecule has 2 aliphatic rings. The lowest BCUT2D eigenvalue weighted by molar-refractivity contribution is -0.139. The molecule has 0 aliphatic carbocycles. The number of rotatable bonds is 6. The number of aryl methyl sites for hydroxylation is 1. The fourth-order valence-electron chi connectivity index (χ4n) is 4.63. The van der Waals surface area contributed by atoms with Gasteiger partial charge in [0.05, 0.1) is 10.6 Å². The van der Waals surface area contributed by atoms with Gasteiger partial charge in [0.15, 0.2) is 6.10 Å². The highest BCUT2D eigenvalue weighted by atomic mass is 32.2.